The van der Waals surface area contributed by atoms with Gasteiger partial charge in [-0.15, -0.1) is 0 Å². The molecular formula is C10H14N2OS2. The van der Waals surface area contributed by atoms with Gasteiger partial charge in [0, 0.05) is 24.1 Å². The van der Waals surface area contributed by atoms with Crippen LogP contribution in [0.5, 0.6) is 0 Å². The van der Waals surface area contributed by atoms with E-state index in [2.05, 4.69) is 16.8 Å². The monoisotopic (exact) mass is 242 g/mol. The SMILES string of the molecule is CCC1CN(c2ncc(C=O)s2)CCS1. The van der Waals surface area contributed by atoms with Crippen molar-refractivity contribution >= 4 is 34.5 Å². The average molecular weight is 242 g/mol. The lowest BCUT2D eigenvalue weighted by molar-refractivity contribution is 0.112. The Labute approximate surface area is 97.9 Å². The molecule has 2 heterocycles. The van der Waals surface area contributed by atoms with Crippen molar-refractivity contribution in [2.45, 2.75) is 18.6 Å². The minimum atomic E-state index is 0.710. The number of carbonyl (C=O) groups excluding carboxylic acids is 1. The van der Waals surface area contributed by atoms with Gasteiger partial charge in [-0.2, -0.15) is 11.8 Å². The van der Waals surface area contributed by atoms with E-state index in [9.17, 15) is 4.79 Å². The van der Waals surface area contributed by atoms with Gasteiger partial charge in [0.25, 0.3) is 0 Å². The Kier molecular flexibility index (Phi) is 3.64. The Morgan fingerprint density at radius 3 is 3.27 bits per heavy atom. The largest absolute Gasteiger partial charge is 0.346 e. The number of anilines is 1. The molecule has 1 unspecified atom stereocenters. The summed E-state index contributed by atoms with van der Waals surface area (Å²) in [6.07, 6.45) is 3.74. The Morgan fingerprint density at radius 2 is 2.60 bits per heavy atom. The summed E-state index contributed by atoms with van der Waals surface area (Å²) in [5.41, 5.74) is 0. The molecule has 2 rings (SSSR count). The Hall–Kier alpha value is -0.550. The summed E-state index contributed by atoms with van der Waals surface area (Å²) >= 11 is 3.53. The first kappa shape index (κ1) is 11.0. The van der Waals surface area contributed by atoms with Gasteiger partial charge in [0.15, 0.2) is 11.4 Å². The molecule has 15 heavy (non-hydrogen) atoms. The standard InChI is InChI=1S/C10H14N2OS2/c1-2-8-6-12(3-4-14-8)10-11-5-9(7-13)15-10/h5,7-8H,2-4,6H2,1H3. The predicted molar refractivity (Wildman–Crippen MR) is 66.3 cm³/mol. The molecule has 1 aliphatic heterocycles. The highest BCUT2D eigenvalue weighted by atomic mass is 32.2. The molecule has 0 saturated carbocycles. The lowest BCUT2D eigenvalue weighted by Gasteiger charge is -2.31. The van der Waals surface area contributed by atoms with Crippen LogP contribution in [0, 0.1) is 0 Å². The number of nitrogens with zero attached hydrogens (tertiary/aromatic N) is 2. The van der Waals surface area contributed by atoms with E-state index in [4.69, 9.17) is 0 Å². The van der Waals surface area contributed by atoms with E-state index in [0.29, 0.717) is 5.25 Å². The molecule has 1 atom stereocenters. The highest BCUT2D eigenvalue weighted by molar-refractivity contribution is 8.00. The second kappa shape index (κ2) is 4.99. The van der Waals surface area contributed by atoms with Crippen LogP contribution in [0.2, 0.25) is 0 Å². The number of aromatic nitrogens is 1. The molecule has 1 fully saturated rings. The van der Waals surface area contributed by atoms with Gasteiger partial charge in [-0.25, -0.2) is 4.98 Å². The van der Waals surface area contributed by atoms with Crippen molar-refractivity contribution in [3.05, 3.63) is 11.1 Å². The fraction of sp³-hybridized carbons (Fsp3) is 0.600. The fourth-order valence-corrected chi connectivity index (χ4v) is 3.56. The third kappa shape index (κ3) is 2.52. The van der Waals surface area contributed by atoms with Crippen LogP contribution in [0.15, 0.2) is 6.20 Å². The normalized spacial score (nSPS) is 21.7. The summed E-state index contributed by atoms with van der Waals surface area (Å²) in [5.74, 6) is 1.16. The van der Waals surface area contributed by atoms with Gasteiger partial charge < -0.3 is 4.90 Å². The van der Waals surface area contributed by atoms with Crippen molar-refractivity contribution in [3.8, 4) is 0 Å². The van der Waals surface area contributed by atoms with Crippen molar-refractivity contribution in [2.75, 3.05) is 23.7 Å². The number of carbonyl (C=O) groups is 1. The van der Waals surface area contributed by atoms with Gasteiger partial charge in [-0.3, -0.25) is 4.79 Å². The highest BCUT2D eigenvalue weighted by Gasteiger charge is 2.20. The third-order valence-electron chi connectivity index (χ3n) is 2.49. The zero-order chi connectivity index (χ0) is 10.7. The van der Waals surface area contributed by atoms with Crippen LogP contribution in [0.25, 0.3) is 0 Å². The van der Waals surface area contributed by atoms with Crippen molar-refractivity contribution < 1.29 is 4.79 Å². The van der Waals surface area contributed by atoms with Crippen LogP contribution in [0.1, 0.15) is 23.0 Å². The second-order valence-corrected chi connectivity index (χ2v) is 5.96. The average Bonchev–Trinajstić information content (AvgIpc) is 2.78. The molecule has 1 aromatic heterocycles. The van der Waals surface area contributed by atoms with Gasteiger partial charge >= 0.3 is 0 Å². The van der Waals surface area contributed by atoms with Gasteiger partial charge in [0.1, 0.15) is 0 Å². The topological polar surface area (TPSA) is 33.2 Å². The maximum Gasteiger partial charge on any atom is 0.185 e. The number of hydrogen-bond acceptors (Lipinski definition) is 5. The van der Waals surface area contributed by atoms with E-state index < -0.39 is 0 Å². The Morgan fingerprint density at radius 1 is 1.73 bits per heavy atom. The van der Waals surface area contributed by atoms with Gasteiger partial charge in [-0.1, -0.05) is 18.3 Å². The zero-order valence-electron chi connectivity index (χ0n) is 8.68. The molecule has 1 saturated heterocycles. The highest BCUT2D eigenvalue weighted by Crippen LogP contribution is 2.28. The maximum absolute atomic E-state index is 10.6. The van der Waals surface area contributed by atoms with Crippen molar-refractivity contribution in [3.63, 3.8) is 0 Å². The summed E-state index contributed by atoms with van der Waals surface area (Å²) in [6.45, 7) is 4.33. The molecule has 3 nitrogen and oxygen atoms in total. The molecule has 0 N–H and O–H groups in total. The molecule has 1 aromatic rings. The summed E-state index contributed by atoms with van der Waals surface area (Å²) in [7, 11) is 0. The van der Waals surface area contributed by atoms with Crippen molar-refractivity contribution in [1.29, 1.82) is 0 Å². The van der Waals surface area contributed by atoms with Crippen LogP contribution in [-0.4, -0.2) is 35.4 Å². The first-order valence-corrected chi connectivity index (χ1v) is 6.97. The summed E-state index contributed by atoms with van der Waals surface area (Å²) < 4.78 is 0. The van der Waals surface area contributed by atoms with E-state index in [-0.39, 0.29) is 0 Å². The number of rotatable bonds is 3. The van der Waals surface area contributed by atoms with Gasteiger partial charge in [0.05, 0.1) is 11.1 Å². The zero-order valence-corrected chi connectivity index (χ0v) is 10.3. The van der Waals surface area contributed by atoms with E-state index in [1.165, 1.54) is 17.8 Å². The number of thioether (sulfide) groups is 1. The smallest absolute Gasteiger partial charge is 0.185 e. The molecular weight excluding hydrogens is 228 g/mol. The lowest BCUT2D eigenvalue weighted by atomic mass is 10.3. The van der Waals surface area contributed by atoms with Crippen LogP contribution in [0.4, 0.5) is 5.13 Å². The molecule has 5 heteroatoms. The Balaban J connectivity index is 2.06. The summed E-state index contributed by atoms with van der Waals surface area (Å²) in [5, 5.41) is 1.71. The van der Waals surface area contributed by atoms with Gasteiger partial charge in [-0.05, 0) is 6.42 Å². The number of hydrogen-bond donors (Lipinski definition) is 0. The molecule has 0 bridgehead atoms. The molecule has 1 aliphatic rings. The van der Waals surface area contributed by atoms with Crippen molar-refractivity contribution in [1.82, 2.24) is 4.98 Å². The van der Waals surface area contributed by atoms with Crippen LogP contribution >= 0.6 is 23.1 Å². The first-order valence-electron chi connectivity index (χ1n) is 5.11. The molecule has 0 spiro atoms. The van der Waals surface area contributed by atoms with Crippen LogP contribution in [-0.2, 0) is 0 Å². The molecule has 0 aromatic carbocycles. The predicted octanol–water partition coefficient (Wildman–Crippen LogP) is 2.29. The van der Waals surface area contributed by atoms with E-state index in [0.717, 1.165) is 35.1 Å². The minimum absolute atomic E-state index is 0.710. The lowest BCUT2D eigenvalue weighted by Crippen LogP contribution is -2.37. The molecule has 0 radical (unpaired) electrons. The van der Waals surface area contributed by atoms with Crippen LogP contribution < -0.4 is 4.90 Å². The van der Waals surface area contributed by atoms with E-state index in [1.54, 1.807) is 6.20 Å². The number of aldehydes is 1. The van der Waals surface area contributed by atoms with Gasteiger partial charge in [0.2, 0.25) is 0 Å². The second-order valence-electron chi connectivity index (χ2n) is 3.51. The van der Waals surface area contributed by atoms with Crippen molar-refractivity contribution in [2.24, 2.45) is 0 Å². The Bertz CT molecular complexity index is 340. The van der Waals surface area contributed by atoms with E-state index in [1.807, 2.05) is 11.8 Å². The van der Waals surface area contributed by atoms with E-state index >= 15 is 0 Å². The summed E-state index contributed by atoms with van der Waals surface area (Å²) in [4.78, 5) is 17.9. The first-order chi connectivity index (χ1) is 7.33. The summed E-state index contributed by atoms with van der Waals surface area (Å²) in [6, 6.07) is 0. The molecule has 0 aliphatic carbocycles. The molecule has 0 amide bonds. The third-order valence-corrected chi connectivity index (χ3v) is 4.85. The quantitative estimate of drug-likeness (QED) is 0.761. The minimum Gasteiger partial charge on any atom is -0.346 e. The maximum atomic E-state index is 10.6. The molecule has 82 valence electrons. The fourth-order valence-electron chi connectivity index (χ4n) is 1.62. The number of thiazole rings is 1. The van der Waals surface area contributed by atoms with Crippen LogP contribution in [0.3, 0.4) is 0 Å².